The molecule has 0 spiro atoms. The molecule has 1 atom stereocenters. The Hall–Kier alpha value is -2.07. The van der Waals surface area contributed by atoms with Crippen molar-refractivity contribution in [3.8, 4) is 17.2 Å². The molecule has 1 unspecified atom stereocenters. The second kappa shape index (κ2) is 9.62. The molecule has 1 aliphatic rings. The van der Waals surface area contributed by atoms with E-state index in [-0.39, 0.29) is 29.2 Å². The number of unbranched alkanes of at least 4 members (excludes halogenated alkanes) is 1. The highest BCUT2D eigenvalue weighted by Gasteiger charge is 2.34. The summed E-state index contributed by atoms with van der Waals surface area (Å²) in [5.74, 6) is 1.33. The van der Waals surface area contributed by atoms with E-state index in [2.05, 4.69) is 10.2 Å². The number of carbonyl (C=O) groups excluding carboxylic acids is 1. The molecule has 29 heavy (non-hydrogen) atoms. The van der Waals surface area contributed by atoms with E-state index in [0.717, 1.165) is 24.2 Å². The minimum Gasteiger partial charge on any atom is -0.497 e. The van der Waals surface area contributed by atoms with Gasteiger partial charge in [0, 0.05) is 18.2 Å². The van der Waals surface area contributed by atoms with E-state index in [1.807, 2.05) is 19.1 Å². The second-order valence-corrected chi connectivity index (χ2v) is 10.0. The van der Waals surface area contributed by atoms with Gasteiger partial charge in [0.15, 0.2) is 9.84 Å². The first-order valence-corrected chi connectivity index (χ1v) is 12.3. The van der Waals surface area contributed by atoms with Gasteiger partial charge in [0.1, 0.15) is 5.75 Å². The summed E-state index contributed by atoms with van der Waals surface area (Å²) in [4.78, 5) is 14.5. The van der Waals surface area contributed by atoms with Crippen LogP contribution in [0, 0.1) is 0 Å². The van der Waals surface area contributed by atoms with Gasteiger partial charge >= 0.3 is 0 Å². The van der Waals surface area contributed by atoms with Crippen molar-refractivity contribution in [2.75, 3.05) is 30.9 Å². The van der Waals surface area contributed by atoms with Gasteiger partial charge in [0.25, 0.3) is 5.22 Å². The summed E-state index contributed by atoms with van der Waals surface area (Å²) >= 11 is 1.17. The average molecular weight is 440 g/mol. The number of rotatable bonds is 9. The van der Waals surface area contributed by atoms with Crippen LogP contribution in [-0.2, 0) is 14.6 Å². The van der Waals surface area contributed by atoms with E-state index in [1.165, 1.54) is 11.8 Å². The fraction of sp³-hybridized carbons (Fsp3) is 0.526. The van der Waals surface area contributed by atoms with Crippen LogP contribution in [0.2, 0.25) is 0 Å². The number of hydrogen-bond acceptors (Lipinski definition) is 8. The Morgan fingerprint density at radius 2 is 2.07 bits per heavy atom. The summed E-state index contributed by atoms with van der Waals surface area (Å²) in [6.07, 6.45) is 2.28. The molecule has 0 radical (unpaired) electrons. The molecule has 2 heterocycles. The monoisotopic (exact) mass is 439 g/mol. The van der Waals surface area contributed by atoms with Gasteiger partial charge in [-0.2, -0.15) is 0 Å². The molecule has 0 saturated carbocycles. The maximum atomic E-state index is 12.8. The molecule has 3 rings (SSSR count). The quantitative estimate of drug-likeness (QED) is 0.550. The lowest BCUT2D eigenvalue weighted by Gasteiger charge is -2.28. The predicted molar refractivity (Wildman–Crippen MR) is 111 cm³/mol. The van der Waals surface area contributed by atoms with Crippen LogP contribution in [0.4, 0.5) is 0 Å². The van der Waals surface area contributed by atoms with Crippen molar-refractivity contribution >= 4 is 27.5 Å². The summed E-state index contributed by atoms with van der Waals surface area (Å²) < 4.78 is 34.4. The van der Waals surface area contributed by atoms with Crippen molar-refractivity contribution in [1.82, 2.24) is 15.1 Å². The van der Waals surface area contributed by atoms with E-state index in [9.17, 15) is 13.2 Å². The van der Waals surface area contributed by atoms with Crippen molar-refractivity contribution in [2.24, 2.45) is 0 Å². The lowest BCUT2D eigenvalue weighted by molar-refractivity contribution is -0.130. The van der Waals surface area contributed by atoms with Crippen LogP contribution < -0.4 is 4.74 Å². The van der Waals surface area contributed by atoms with Crippen molar-refractivity contribution in [3.05, 3.63) is 24.3 Å². The largest absolute Gasteiger partial charge is 0.497 e. The van der Waals surface area contributed by atoms with Gasteiger partial charge in [-0.05, 0) is 37.1 Å². The summed E-state index contributed by atoms with van der Waals surface area (Å²) in [5.41, 5.74) is 0.761. The smallest absolute Gasteiger partial charge is 0.277 e. The first-order valence-electron chi connectivity index (χ1n) is 9.52. The third-order valence-corrected chi connectivity index (χ3v) is 7.34. The first-order chi connectivity index (χ1) is 13.9. The number of benzene rings is 1. The van der Waals surface area contributed by atoms with Crippen LogP contribution in [-0.4, -0.2) is 66.4 Å². The van der Waals surface area contributed by atoms with E-state index in [1.54, 1.807) is 24.1 Å². The number of nitrogens with zero attached hydrogens (tertiary/aromatic N) is 3. The average Bonchev–Trinajstić information content (AvgIpc) is 3.33. The number of sulfone groups is 1. The van der Waals surface area contributed by atoms with Crippen LogP contribution in [0.25, 0.3) is 11.5 Å². The Morgan fingerprint density at radius 3 is 2.69 bits per heavy atom. The van der Waals surface area contributed by atoms with Gasteiger partial charge in [-0.25, -0.2) is 8.42 Å². The van der Waals surface area contributed by atoms with E-state index >= 15 is 0 Å². The molecule has 0 aliphatic carbocycles. The Kier molecular flexibility index (Phi) is 7.18. The predicted octanol–water partition coefficient (Wildman–Crippen LogP) is 2.65. The number of methoxy groups -OCH3 is 1. The standard InChI is InChI=1S/C19H25N3O5S2/c1-3-4-10-22(15-9-11-29(24,25)13-15)17(23)12-28-19-21-20-18(27-19)14-5-7-16(26-2)8-6-14/h5-8,15H,3-4,9-13H2,1-2H3. The molecule has 1 aromatic heterocycles. The highest BCUT2D eigenvalue weighted by Crippen LogP contribution is 2.26. The van der Waals surface area contributed by atoms with Crippen LogP contribution >= 0.6 is 11.8 Å². The van der Waals surface area contributed by atoms with Crippen molar-refractivity contribution in [1.29, 1.82) is 0 Å². The Labute approximate surface area is 174 Å². The highest BCUT2D eigenvalue weighted by molar-refractivity contribution is 7.99. The minimum absolute atomic E-state index is 0.0509. The summed E-state index contributed by atoms with van der Waals surface area (Å²) in [6, 6.07) is 7.00. The SMILES string of the molecule is CCCCN(C(=O)CSc1nnc(-c2ccc(OC)cc2)o1)C1CCS(=O)(=O)C1. The Balaban J connectivity index is 1.61. The number of hydrogen-bond donors (Lipinski definition) is 0. The van der Waals surface area contributed by atoms with Crippen LogP contribution in [0.5, 0.6) is 5.75 Å². The second-order valence-electron chi connectivity index (χ2n) is 6.89. The Bertz CT molecular complexity index is 928. The molecule has 1 saturated heterocycles. The minimum atomic E-state index is -3.05. The zero-order valence-corrected chi connectivity index (χ0v) is 18.2. The molecule has 2 aromatic rings. The third-order valence-electron chi connectivity index (χ3n) is 4.78. The van der Waals surface area contributed by atoms with E-state index in [0.29, 0.717) is 24.1 Å². The van der Waals surface area contributed by atoms with Gasteiger partial charge in [-0.1, -0.05) is 25.1 Å². The summed E-state index contributed by atoms with van der Waals surface area (Å²) in [5, 5.41) is 8.33. The third kappa shape index (κ3) is 5.72. The van der Waals surface area contributed by atoms with Crippen LogP contribution in [0.1, 0.15) is 26.2 Å². The molecule has 158 valence electrons. The normalized spacial score (nSPS) is 17.9. The first kappa shape index (κ1) is 21.6. The molecule has 10 heteroatoms. The Morgan fingerprint density at radius 1 is 1.31 bits per heavy atom. The number of aromatic nitrogens is 2. The zero-order valence-electron chi connectivity index (χ0n) is 16.5. The molecule has 8 nitrogen and oxygen atoms in total. The zero-order chi connectivity index (χ0) is 20.9. The van der Waals surface area contributed by atoms with Crippen molar-refractivity contribution < 1.29 is 22.4 Å². The number of thioether (sulfide) groups is 1. The van der Waals surface area contributed by atoms with Gasteiger partial charge < -0.3 is 14.1 Å². The maximum absolute atomic E-state index is 12.8. The fourth-order valence-electron chi connectivity index (χ4n) is 3.19. The molecule has 0 bridgehead atoms. The molecular formula is C19H25N3O5S2. The maximum Gasteiger partial charge on any atom is 0.277 e. The molecule has 1 amide bonds. The fourth-order valence-corrected chi connectivity index (χ4v) is 5.57. The summed E-state index contributed by atoms with van der Waals surface area (Å²) in [6.45, 7) is 2.61. The van der Waals surface area contributed by atoms with Gasteiger partial charge in [0.05, 0.1) is 24.4 Å². The molecular weight excluding hydrogens is 414 g/mol. The van der Waals surface area contributed by atoms with Crippen molar-refractivity contribution in [3.63, 3.8) is 0 Å². The van der Waals surface area contributed by atoms with Crippen molar-refractivity contribution in [2.45, 2.75) is 37.5 Å². The summed E-state index contributed by atoms with van der Waals surface area (Å²) in [7, 11) is -1.45. The lowest BCUT2D eigenvalue weighted by atomic mass is 10.2. The molecule has 1 fully saturated rings. The van der Waals surface area contributed by atoms with Gasteiger partial charge in [-0.3, -0.25) is 4.79 Å². The molecule has 1 aliphatic heterocycles. The molecule has 0 N–H and O–H groups in total. The van der Waals surface area contributed by atoms with Crippen LogP contribution in [0.15, 0.2) is 33.9 Å². The lowest BCUT2D eigenvalue weighted by Crippen LogP contribution is -2.42. The number of carbonyl (C=O) groups is 1. The molecule has 1 aromatic carbocycles. The highest BCUT2D eigenvalue weighted by atomic mass is 32.2. The van der Waals surface area contributed by atoms with Gasteiger partial charge in [0.2, 0.25) is 11.8 Å². The number of ether oxygens (including phenoxy) is 1. The topological polar surface area (TPSA) is 103 Å². The van der Waals surface area contributed by atoms with Crippen LogP contribution in [0.3, 0.4) is 0 Å². The van der Waals surface area contributed by atoms with Gasteiger partial charge in [-0.15, -0.1) is 10.2 Å². The van der Waals surface area contributed by atoms with E-state index < -0.39 is 9.84 Å². The number of amides is 1. The van der Waals surface area contributed by atoms with E-state index in [4.69, 9.17) is 9.15 Å².